The van der Waals surface area contributed by atoms with E-state index < -0.39 is 5.97 Å². The molecule has 0 heterocycles. The van der Waals surface area contributed by atoms with Gasteiger partial charge in [0, 0.05) is 0 Å². The van der Waals surface area contributed by atoms with Crippen molar-refractivity contribution in [2.45, 2.75) is 105 Å². The Morgan fingerprint density at radius 3 is 1.09 bits per heavy atom. The molecule has 0 aliphatic carbocycles. The number of hydrogen-bond donors (Lipinski definition) is 2. The molecule has 0 spiro atoms. The van der Waals surface area contributed by atoms with Crippen LogP contribution in [-0.2, 0) is 21.7 Å². The largest absolute Gasteiger partial charge is 0.508 e. The van der Waals surface area contributed by atoms with Crippen LogP contribution in [0.2, 0.25) is 0 Å². The topological polar surface area (TPSA) is 57.5 Å². The van der Waals surface area contributed by atoms with Crippen molar-refractivity contribution < 1.29 is 15.0 Å². The monoisotopic (exact) mass is 440 g/mol. The zero-order chi connectivity index (χ0) is 25.3. The molecule has 0 radical (unpaired) electrons. The summed E-state index contributed by atoms with van der Waals surface area (Å²) in [7, 11) is 0. The van der Waals surface area contributed by atoms with Crippen molar-refractivity contribution in [3.8, 4) is 5.75 Å². The number of rotatable bonds is 1. The second-order valence-corrected chi connectivity index (χ2v) is 12.8. The van der Waals surface area contributed by atoms with Crippen molar-refractivity contribution in [2.24, 2.45) is 0 Å². The van der Waals surface area contributed by atoms with Crippen molar-refractivity contribution in [1.29, 1.82) is 0 Å². The average Bonchev–Trinajstić information content (AvgIpc) is 2.58. The number of aromatic carboxylic acids is 1. The van der Waals surface area contributed by atoms with Crippen molar-refractivity contribution in [3.63, 3.8) is 0 Å². The average molecular weight is 441 g/mol. The van der Waals surface area contributed by atoms with Gasteiger partial charge in [-0.3, -0.25) is 0 Å². The molecule has 0 aliphatic rings. The van der Waals surface area contributed by atoms with Gasteiger partial charge in [-0.2, -0.15) is 0 Å². The quantitative estimate of drug-likeness (QED) is 0.473. The highest BCUT2D eigenvalue weighted by Gasteiger charge is 2.35. The molecule has 0 bridgehead atoms. The van der Waals surface area contributed by atoms with Crippen LogP contribution in [0.4, 0.5) is 0 Å². The Morgan fingerprint density at radius 2 is 0.875 bits per heavy atom. The normalized spacial score (nSPS) is 12.8. The SMILES string of the molecule is CC(C)(C)c1ccc(C(C)(C)C)c(C(C)(C)C)c1C(C)(C)C.O=C(O)c1ccc(O)cc1. The minimum Gasteiger partial charge on any atom is -0.508 e. The summed E-state index contributed by atoms with van der Waals surface area (Å²) < 4.78 is 0. The lowest BCUT2D eigenvalue weighted by Gasteiger charge is -2.40. The minimum absolute atomic E-state index is 0.0741. The van der Waals surface area contributed by atoms with Gasteiger partial charge in [0.05, 0.1) is 5.56 Å². The fraction of sp³-hybridized carbons (Fsp3) is 0.552. The van der Waals surface area contributed by atoms with Gasteiger partial charge in [-0.05, 0) is 68.2 Å². The zero-order valence-corrected chi connectivity index (χ0v) is 22.3. The van der Waals surface area contributed by atoms with E-state index in [4.69, 9.17) is 10.2 Å². The third-order valence-electron chi connectivity index (χ3n) is 5.44. The van der Waals surface area contributed by atoms with Gasteiger partial charge in [0.15, 0.2) is 0 Å². The maximum Gasteiger partial charge on any atom is 0.335 e. The van der Waals surface area contributed by atoms with Gasteiger partial charge in [-0.25, -0.2) is 4.79 Å². The second kappa shape index (κ2) is 9.29. The second-order valence-electron chi connectivity index (χ2n) is 12.8. The van der Waals surface area contributed by atoms with Gasteiger partial charge in [-0.15, -0.1) is 0 Å². The van der Waals surface area contributed by atoms with Crippen LogP contribution in [0.3, 0.4) is 0 Å². The first kappa shape index (κ1) is 27.7. The summed E-state index contributed by atoms with van der Waals surface area (Å²) in [6.45, 7) is 28.2. The molecule has 32 heavy (non-hydrogen) atoms. The highest BCUT2D eigenvalue weighted by atomic mass is 16.4. The first-order chi connectivity index (χ1) is 14.2. The maximum absolute atomic E-state index is 10.2. The van der Waals surface area contributed by atoms with E-state index in [0.29, 0.717) is 0 Å². The number of carboxylic acid groups (broad SMARTS) is 1. The Kier molecular flexibility index (Phi) is 8.06. The first-order valence-corrected chi connectivity index (χ1v) is 11.4. The van der Waals surface area contributed by atoms with Crippen molar-refractivity contribution >= 4 is 5.97 Å². The molecular formula is C29H44O3. The van der Waals surface area contributed by atoms with Gasteiger partial charge in [-0.1, -0.05) is 95.2 Å². The number of carbonyl (C=O) groups is 1. The Balaban J connectivity index is 0.000000425. The molecule has 0 aromatic heterocycles. The fourth-order valence-corrected chi connectivity index (χ4v) is 4.01. The van der Waals surface area contributed by atoms with Crippen LogP contribution < -0.4 is 0 Å². The van der Waals surface area contributed by atoms with Crippen LogP contribution in [0, 0.1) is 0 Å². The minimum atomic E-state index is -0.986. The van der Waals surface area contributed by atoms with E-state index in [9.17, 15) is 4.79 Å². The molecule has 0 unspecified atom stereocenters. The number of phenolic OH excluding ortho intramolecular Hbond substituents is 1. The van der Waals surface area contributed by atoms with Crippen LogP contribution in [0.1, 0.15) is 116 Å². The van der Waals surface area contributed by atoms with E-state index >= 15 is 0 Å². The van der Waals surface area contributed by atoms with Crippen LogP contribution in [0.25, 0.3) is 0 Å². The van der Waals surface area contributed by atoms with Crippen molar-refractivity contribution in [2.75, 3.05) is 0 Å². The van der Waals surface area contributed by atoms with Gasteiger partial charge >= 0.3 is 5.97 Å². The molecule has 0 saturated carbocycles. The summed E-state index contributed by atoms with van der Waals surface area (Å²) in [5, 5.41) is 17.1. The van der Waals surface area contributed by atoms with E-state index in [1.165, 1.54) is 35.4 Å². The van der Waals surface area contributed by atoms with Crippen LogP contribution in [0.5, 0.6) is 5.75 Å². The van der Waals surface area contributed by atoms with Gasteiger partial charge in [0.1, 0.15) is 5.75 Å². The van der Waals surface area contributed by atoms with E-state index in [1.54, 1.807) is 11.1 Å². The van der Waals surface area contributed by atoms with Crippen molar-refractivity contribution in [1.82, 2.24) is 0 Å². The summed E-state index contributed by atoms with van der Waals surface area (Å²) in [6.07, 6.45) is 0. The van der Waals surface area contributed by atoms with E-state index in [0.717, 1.165) is 0 Å². The molecule has 0 aliphatic heterocycles. The number of aromatic hydroxyl groups is 1. The summed E-state index contributed by atoms with van der Waals surface area (Å²) in [5.74, 6) is -0.912. The summed E-state index contributed by atoms with van der Waals surface area (Å²) >= 11 is 0. The third-order valence-corrected chi connectivity index (χ3v) is 5.44. The molecule has 0 atom stereocenters. The van der Waals surface area contributed by atoms with Crippen LogP contribution in [0.15, 0.2) is 36.4 Å². The summed E-state index contributed by atoms with van der Waals surface area (Å²) in [5.41, 5.74) is 6.91. The zero-order valence-electron chi connectivity index (χ0n) is 22.3. The standard InChI is InChI=1S/C22H38.C7H6O3/c1-19(2,3)15-13-14-16(20(4,5)6)18(22(10,11)12)17(15)21(7,8)9;8-6-3-1-5(2-4-6)7(9)10/h13-14H,1-12H3;1-4,8H,(H,9,10). The molecule has 2 N–H and O–H groups in total. The molecule has 2 aromatic rings. The van der Waals surface area contributed by atoms with Crippen molar-refractivity contribution in [3.05, 3.63) is 64.2 Å². The highest BCUT2D eigenvalue weighted by molar-refractivity contribution is 5.87. The van der Waals surface area contributed by atoms with E-state index in [2.05, 4.69) is 95.2 Å². The molecule has 0 amide bonds. The predicted molar refractivity (Wildman–Crippen MR) is 136 cm³/mol. The number of hydrogen-bond acceptors (Lipinski definition) is 2. The molecule has 3 nitrogen and oxygen atoms in total. The van der Waals surface area contributed by atoms with Crippen LogP contribution >= 0.6 is 0 Å². The highest BCUT2D eigenvalue weighted by Crippen LogP contribution is 2.45. The van der Waals surface area contributed by atoms with Gasteiger partial charge in [0.2, 0.25) is 0 Å². The maximum atomic E-state index is 10.2. The Labute approximate surface area is 195 Å². The van der Waals surface area contributed by atoms with E-state index in [1.807, 2.05) is 0 Å². The Hall–Kier alpha value is -2.29. The smallest absolute Gasteiger partial charge is 0.335 e. The molecule has 2 rings (SSSR count). The molecule has 0 fully saturated rings. The van der Waals surface area contributed by atoms with E-state index in [-0.39, 0.29) is 33.0 Å². The molecule has 3 heteroatoms. The third kappa shape index (κ3) is 7.12. The Bertz CT molecular complexity index is 872. The predicted octanol–water partition coefficient (Wildman–Crippen LogP) is 7.97. The number of benzene rings is 2. The van der Waals surface area contributed by atoms with Gasteiger partial charge < -0.3 is 10.2 Å². The number of phenols is 1. The molecular weight excluding hydrogens is 396 g/mol. The fourth-order valence-electron chi connectivity index (χ4n) is 4.01. The molecule has 2 aromatic carbocycles. The molecule has 0 saturated heterocycles. The molecule has 178 valence electrons. The Morgan fingerprint density at radius 1 is 0.562 bits per heavy atom. The lowest BCUT2D eigenvalue weighted by molar-refractivity contribution is 0.0697. The number of carboxylic acids is 1. The summed E-state index contributed by atoms with van der Waals surface area (Å²) in [4.78, 5) is 10.2. The lowest BCUT2D eigenvalue weighted by Crippen LogP contribution is -2.31. The lowest BCUT2D eigenvalue weighted by atomic mass is 9.64. The van der Waals surface area contributed by atoms with Crippen LogP contribution in [-0.4, -0.2) is 16.2 Å². The first-order valence-electron chi connectivity index (χ1n) is 11.4. The summed E-state index contributed by atoms with van der Waals surface area (Å²) in [6, 6.07) is 10.1. The van der Waals surface area contributed by atoms with Gasteiger partial charge in [0.25, 0.3) is 0 Å².